The van der Waals surface area contributed by atoms with Gasteiger partial charge in [0.05, 0.1) is 17.6 Å². The zero-order valence-corrected chi connectivity index (χ0v) is 12.3. The van der Waals surface area contributed by atoms with Crippen LogP contribution in [0.1, 0.15) is 43.0 Å². The Labute approximate surface area is 126 Å². The number of hydrogen-bond acceptors (Lipinski definition) is 3. The standard InChI is InChI=1S/C13H16F3NO3.ClH/c1-12(2,20)8-3-7(10(17)6-11(18)19)4-9(5-8)13(14,15)16;/h3-5,10,20H,6,17H2,1-2H3,(H,18,19);1H. The van der Waals surface area contributed by atoms with Crippen LogP contribution in [0.25, 0.3) is 0 Å². The van der Waals surface area contributed by atoms with Crippen molar-refractivity contribution in [1.82, 2.24) is 0 Å². The Morgan fingerprint density at radius 1 is 1.24 bits per heavy atom. The third-order valence-electron chi connectivity index (χ3n) is 2.81. The smallest absolute Gasteiger partial charge is 0.416 e. The molecular weight excluding hydrogens is 311 g/mol. The van der Waals surface area contributed by atoms with Gasteiger partial charge in [0.25, 0.3) is 0 Å². The molecule has 1 rings (SSSR count). The van der Waals surface area contributed by atoms with Crippen LogP contribution in [0.4, 0.5) is 13.2 Å². The summed E-state index contributed by atoms with van der Waals surface area (Å²) in [5.41, 5.74) is 3.20. The molecule has 8 heteroatoms. The molecule has 1 atom stereocenters. The summed E-state index contributed by atoms with van der Waals surface area (Å²) in [4.78, 5) is 10.6. The summed E-state index contributed by atoms with van der Waals surface area (Å²) >= 11 is 0. The van der Waals surface area contributed by atoms with Crippen LogP contribution in [-0.2, 0) is 16.6 Å². The topological polar surface area (TPSA) is 83.5 Å². The molecular formula is C13H17ClF3NO3. The molecule has 0 saturated carbocycles. The maximum absolute atomic E-state index is 12.8. The summed E-state index contributed by atoms with van der Waals surface area (Å²) in [5, 5.41) is 18.5. The molecule has 0 saturated heterocycles. The molecule has 1 aromatic carbocycles. The number of carboxylic acids is 1. The van der Waals surface area contributed by atoms with Crippen molar-refractivity contribution in [3.63, 3.8) is 0 Å². The van der Waals surface area contributed by atoms with Crippen LogP contribution < -0.4 is 5.73 Å². The fourth-order valence-corrected chi connectivity index (χ4v) is 1.69. The van der Waals surface area contributed by atoms with E-state index in [2.05, 4.69) is 0 Å². The third kappa shape index (κ3) is 5.53. The van der Waals surface area contributed by atoms with Gasteiger partial charge in [-0.05, 0) is 37.1 Å². The van der Waals surface area contributed by atoms with Crippen LogP contribution in [0.5, 0.6) is 0 Å². The Morgan fingerprint density at radius 3 is 2.10 bits per heavy atom. The lowest BCUT2D eigenvalue weighted by molar-refractivity contribution is -0.138. The molecule has 4 N–H and O–H groups in total. The lowest BCUT2D eigenvalue weighted by Crippen LogP contribution is -2.21. The zero-order valence-electron chi connectivity index (χ0n) is 11.4. The number of benzene rings is 1. The van der Waals surface area contributed by atoms with Crippen LogP contribution >= 0.6 is 12.4 Å². The molecule has 1 aromatic rings. The number of aliphatic hydroxyl groups is 1. The molecule has 0 aliphatic heterocycles. The van der Waals surface area contributed by atoms with Gasteiger partial charge < -0.3 is 15.9 Å². The number of alkyl halides is 3. The van der Waals surface area contributed by atoms with E-state index in [1.165, 1.54) is 19.9 Å². The maximum Gasteiger partial charge on any atom is 0.416 e. The number of aliphatic carboxylic acids is 1. The van der Waals surface area contributed by atoms with Crippen LogP contribution in [0.3, 0.4) is 0 Å². The highest BCUT2D eigenvalue weighted by atomic mass is 35.5. The van der Waals surface area contributed by atoms with E-state index in [0.717, 1.165) is 12.1 Å². The Kier molecular flexibility index (Phi) is 6.22. The molecule has 120 valence electrons. The molecule has 0 heterocycles. The Bertz CT molecular complexity index is 480. The number of nitrogens with two attached hydrogens (primary N) is 1. The molecule has 0 aromatic heterocycles. The van der Waals surface area contributed by atoms with Crippen molar-refractivity contribution in [3.8, 4) is 0 Å². The first-order valence-electron chi connectivity index (χ1n) is 5.83. The average Bonchev–Trinajstić information content (AvgIpc) is 2.25. The minimum Gasteiger partial charge on any atom is -0.481 e. The summed E-state index contributed by atoms with van der Waals surface area (Å²) in [6.07, 6.45) is -5.09. The van der Waals surface area contributed by atoms with Crippen molar-refractivity contribution >= 4 is 18.4 Å². The van der Waals surface area contributed by atoms with Gasteiger partial charge in [0, 0.05) is 6.04 Å². The summed E-state index contributed by atoms with van der Waals surface area (Å²) in [6, 6.07) is 1.86. The Morgan fingerprint density at radius 2 is 1.71 bits per heavy atom. The second-order valence-corrected chi connectivity index (χ2v) is 5.10. The number of hydrogen-bond donors (Lipinski definition) is 3. The van der Waals surface area contributed by atoms with E-state index in [9.17, 15) is 23.1 Å². The van der Waals surface area contributed by atoms with Crippen molar-refractivity contribution in [2.24, 2.45) is 5.73 Å². The first kappa shape index (κ1) is 19.7. The largest absolute Gasteiger partial charge is 0.481 e. The van der Waals surface area contributed by atoms with E-state index < -0.39 is 35.8 Å². The monoisotopic (exact) mass is 327 g/mol. The quantitative estimate of drug-likeness (QED) is 0.794. The SMILES string of the molecule is CC(C)(O)c1cc(C(N)CC(=O)O)cc(C(F)(F)F)c1.Cl. The highest BCUT2D eigenvalue weighted by Crippen LogP contribution is 2.34. The van der Waals surface area contributed by atoms with Crippen LogP contribution in [0.15, 0.2) is 18.2 Å². The van der Waals surface area contributed by atoms with Crippen LogP contribution in [0, 0.1) is 0 Å². The van der Waals surface area contributed by atoms with Gasteiger partial charge in [-0.2, -0.15) is 13.2 Å². The zero-order chi connectivity index (χ0) is 15.7. The van der Waals surface area contributed by atoms with E-state index in [-0.39, 0.29) is 23.5 Å². The van der Waals surface area contributed by atoms with E-state index >= 15 is 0 Å². The first-order valence-corrected chi connectivity index (χ1v) is 5.83. The predicted molar refractivity (Wildman–Crippen MR) is 73.1 cm³/mol. The molecule has 4 nitrogen and oxygen atoms in total. The first-order chi connectivity index (χ1) is 8.91. The minimum atomic E-state index is -4.60. The molecule has 0 aliphatic carbocycles. The average molecular weight is 328 g/mol. The molecule has 1 unspecified atom stereocenters. The maximum atomic E-state index is 12.8. The van der Waals surface area contributed by atoms with E-state index in [0.29, 0.717) is 0 Å². The van der Waals surface area contributed by atoms with Crippen molar-refractivity contribution in [3.05, 3.63) is 34.9 Å². The number of carbonyl (C=O) groups is 1. The lowest BCUT2D eigenvalue weighted by Gasteiger charge is -2.22. The number of rotatable bonds is 4. The normalized spacial score (nSPS) is 13.5. The minimum absolute atomic E-state index is 0. The van der Waals surface area contributed by atoms with Gasteiger partial charge in [0.2, 0.25) is 0 Å². The van der Waals surface area contributed by atoms with Crippen LogP contribution in [-0.4, -0.2) is 16.2 Å². The van der Waals surface area contributed by atoms with E-state index in [1.54, 1.807) is 0 Å². The van der Waals surface area contributed by atoms with Crippen molar-refractivity contribution in [2.75, 3.05) is 0 Å². The highest BCUT2D eigenvalue weighted by Gasteiger charge is 2.33. The molecule has 0 aliphatic rings. The second-order valence-electron chi connectivity index (χ2n) is 5.10. The van der Waals surface area contributed by atoms with Crippen molar-refractivity contribution in [2.45, 2.75) is 38.1 Å². The van der Waals surface area contributed by atoms with Gasteiger partial charge in [-0.15, -0.1) is 12.4 Å². The fourth-order valence-electron chi connectivity index (χ4n) is 1.69. The van der Waals surface area contributed by atoms with Gasteiger partial charge in [-0.1, -0.05) is 6.07 Å². The highest BCUT2D eigenvalue weighted by molar-refractivity contribution is 5.85. The molecule has 21 heavy (non-hydrogen) atoms. The molecule has 0 fully saturated rings. The van der Waals surface area contributed by atoms with E-state index in [4.69, 9.17) is 10.8 Å². The van der Waals surface area contributed by atoms with Gasteiger partial charge in [0.15, 0.2) is 0 Å². The van der Waals surface area contributed by atoms with Crippen LogP contribution in [0.2, 0.25) is 0 Å². The van der Waals surface area contributed by atoms with Gasteiger partial charge in [0.1, 0.15) is 0 Å². The van der Waals surface area contributed by atoms with E-state index in [1.807, 2.05) is 0 Å². The Hall–Kier alpha value is -1.31. The summed E-state index contributed by atoms with van der Waals surface area (Å²) in [6.45, 7) is 2.68. The summed E-state index contributed by atoms with van der Waals surface area (Å²) < 4.78 is 38.5. The number of carboxylic acid groups (broad SMARTS) is 1. The summed E-state index contributed by atoms with van der Waals surface area (Å²) in [5.74, 6) is -1.21. The summed E-state index contributed by atoms with van der Waals surface area (Å²) in [7, 11) is 0. The molecule has 0 bridgehead atoms. The Balaban J connectivity index is 0.00000400. The second kappa shape index (κ2) is 6.64. The van der Waals surface area contributed by atoms with Gasteiger partial charge in [-0.25, -0.2) is 0 Å². The van der Waals surface area contributed by atoms with Crippen molar-refractivity contribution in [1.29, 1.82) is 0 Å². The predicted octanol–water partition coefficient (Wildman–Crippen LogP) is 2.83. The molecule has 0 amide bonds. The van der Waals surface area contributed by atoms with Gasteiger partial charge in [-0.3, -0.25) is 4.79 Å². The molecule has 0 radical (unpaired) electrons. The third-order valence-corrected chi connectivity index (χ3v) is 2.81. The molecule has 0 spiro atoms. The number of halogens is 4. The van der Waals surface area contributed by atoms with Gasteiger partial charge >= 0.3 is 12.1 Å². The lowest BCUT2D eigenvalue weighted by atomic mass is 9.91. The fraction of sp³-hybridized carbons (Fsp3) is 0.462. The van der Waals surface area contributed by atoms with Crippen molar-refractivity contribution < 1.29 is 28.2 Å².